The van der Waals surface area contributed by atoms with Crippen molar-refractivity contribution in [3.63, 3.8) is 0 Å². The number of esters is 1. The van der Waals surface area contributed by atoms with E-state index in [0.717, 1.165) is 19.3 Å². The second-order valence-corrected chi connectivity index (χ2v) is 10.2. The standard InChI is InChI=1S/C24H42O4/c1-6-7-8-11-19-17(3)24(4,5)14-13-18(19)15-28-23(27)20-12-9-10-16(2)21(20)22(25)26/h16-21H,6-15H2,1-5H3,(H,25,26). The second kappa shape index (κ2) is 10.1. The lowest BCUT2D eigenvalue weighted by molar-refractivity contribution is -0.164. The normalized spacial score (nSPS) is 35.3. The number of carbonyl (C=O) groups excluding carboxylic acids is 1. The van der Waals surface area contributed by atoms with Crippen LogP contribution in [0, 0.1) is 40.9 Å². The highest BCUT2D eigenvalue weighted by Crippen LogP contribution is 2.48. The first-order chi connectivity index (χ1) is 13.2. The number of hydrogen-bond donors (Lipinski definition) is 1. The number of carboxylic acids is 1. The molecule has 2 rings (SSSR count). The molecule has 2 fully saturated rings. The molecule has 2 aliphatic rings. The van der Waals surface area contributed by atoms with E-state index in [1.165, 1.54) is 32.1 Å². The van der Waals surface area contributed by atoms with Crippen molar-refractivity contribution in [1.29, 1.82) is 0 Å². The highest BCUT2D eigenvalue weighted by atomic mass is 16.5. The Morgan fingerprint density at radius 3 is 2.46 bits per heavy atom. The van der Waals surface area contributed by atoms with Gasteiger partial charge in [0, 0.05) is 0 Å². The van der Waals surface area contributed by atoms with Crippen molar-refractivity contribution in [3.05, 3.63) is 0 Å². The van der Waals surface area contributed by atoms with Crippen LogP contribution >= 0.6 is 0 Å². The molecule has 0 aromatic rings. The van der Waals surface area contributed by atoms with Crippen LogP contribution in [0.15, 0.2) is 0 Å². The highest BCUT2D eigenvalue weighted by molar-refractivity contribution is 5.81. The number of aliphatic carboxylic acids is 1. The number of unbranched alkanes of at least 4 members (excludes halogenated alkanes) is 2. The van der Waals surface area contributed by atoms with Crippen molar-refractivity contribution in [2.24, 2.45) is 40.9 Å². The van der Waals surface area contributed by atoms with Crippen LogP contribution in [-0.2, 0) is 14.3 Å². The Morgan fingerprint density at radius 1 is 1.11 bits per heavy atom. The average molecular weight is 395 g/mol. The molecule has 0 aliphatic heterocycles. The third-order valence-corrected chi connectivity index (χ3v) is 8.03. The molecule has 0 spiro atoms. The van der Waals surface area contributed by atoms with E-state index in [-0.39, 0.29) is 11.9 Å². The van der Waals surface area contributed by atoms with Gasteiger partial charge in [0.2, 0.25) is 0 Å². The van der Waals surface area contributed by atoms with Crippen LogP contribution in [0.25, 0.3) is 0 Å². The molecule has 6 atom stereocenters. The van der Waals surface area contributed by atoms with Gasteiger partial charge in [-0.05, 0) is 61.2 Å². The minimum atomic E-state index is -0.848. The molecule has 0 radical (unpaired) electrons. The number of rotatable bonds is 8. The molecular formula is C24H42O4. The van der Waals surface area contributed by atoms with Crippen molar-refractivity contribution in [2.45, 2.75) is 92.4 Å². The van der Waals surface area contributed by atoms with Crippen LogP contribution in [0.5, 0.6) is 0 Å². The first-order valence-electron chi connectivity index (χ1n) is 11.6. The lowest BCUT2D eigenvalue weighted by Gasteiger charge is -2.47. The van der Waals surface area contributed by atoms with Gasteiger partial charge in [-0.2, -0.15) is 0 Å². The number of carboxylic acid groups (broad SMARTS) is 1. The summed E-state index contributed by atoms with van der Waals surface area (Å²) in [5.74, 6) is -0.535. The molecule has 0 bridgehead atoms. The van der Waals surface area contributed by atoms with E-state index in [1.54, 1.807) is 0 Å². The smallest absolute Gasteiger partial charge is 0.309 e. The molecule has 0 aromatic heterocycles. The molecule has 4 heteroatoms. The van der Waals surface area contributed by atoms with Gasteiger partial charge in [-0.15, -0.1) is 0 Å². The fourth-order valence-corrected chi connectivity index (χ4v) is 5.70. The summed E-state index contributed by atoms with van der Waals surface area (Å²) in [7, 11) is 0. The van der Waals surface area contributed by atoms with Gasteiger partial charge in [0.1, 0.15) is 0 Å². The van der Waals surface area contributed by atoms with Crippen molar-refractivity contribution in [3.8, 4) is 0 Å². The zero-order valence-electron chi connectivity index (χ0n) is 18.7. The van der Waals surface area contributed by atoms with Gasteiger partial charge in [0.25, 0.3) is 0 Å². The Morgan fingerprint density at radius 2 is 1.82 bits per heavy atom. The van der Waals surface area contributed by atoms with E-state index >= 15 is 0 Å². The third kappa shape index (κ3) is 5.51. The van der Waals surface area contributed by atoms with E-state index in [1.807, 2.05) is 6.92 Å². The molecule has 162 valence electrons. The molecule has 28 heavy (non-hydrogen) atoms. The third-order valence-electron chi connectivity index (χ3n) is 8.03. The Hall–Kier alpha value is -1.06. The molecule has 0 aromatic carbocycles. The van der Waals surface area contributed by atoms with Crippen LogP contribution in [0.3, 0.4) is 0 Å². The van der Waals surface area contributed by atoms with E-state index in [9.17, 15) is 14.7 Å². The molecule has 2 aliphatic carbocycles. The molecule has 2 saturated carbocycles. The number of carbonyl (C=O) groups is 2. The van der Waals surface area contributed by atoms with E-state index in [4.69, 9.17) is 4.74 Å². The van der Waals surface area contributed by atoms with E-state index in [0.29, 0.717) is 36.2 Å². The summed E-state index contributed by atoms with van der Waals surface area (Å²) in [6.45, 7) is 11.8. The largest absolute Gasteiger partial charge is 0.481 e. The lowest BCUT2D eigenvalue weighted by atomic mass is 9.59. The van der Waals surface area contributed by atoms with Gasteiger partial charge >= 0.3 is 11.9 Å². The van der Waals surface area contributed by atoms with Crippen LogP contribution in [0.1, 0.15) is 92.4 Å². The van der Waals surface area contributed by atoms with Gasteiger partial charge in [0.05, 0.1) is 18.4 Å². The first-order valence-corrected chi connectivity index (χ1v) is 11.6. The molecule has 0 amide bonds. The zero-order valence-corrected chi connectivity index (χ0v) is 18.7. The maximum Gasteiger partial charge on any atom is 0.309 e. The summed E-state index contributed by atoms with van der Waals surface area (Å²) in [6, 6.07) is 0. The maximum atomic E-state index is 12.8. The summed E-state index contributed by atoms with van der Waals surface area (Å²) in [5, 5.41) is 9.59. The maximum absolute atomic E-state index is 12.8. The number of ether oxygens (including phenoxy) is 1. The van der Waals surface area contributed by atoms with Crippen molar-refractivity contribution < 1.29 is 19.4 Å². The van der Waals surface area contributed by atoms with Crippen LogP contribution in [0.2, 0.25) is 0 Å². The Bertz CT molecular complexity index is 527. The van der Waals surface area contributed by atoms with Gasteiger partial charge in [-0.1, -0.05) is 60.3 Å². The predicted octanol–water partition coefficient (Wildman–Crippen LogP) is 5.94. The van der Waals surface area contributed by atoms with Gasteiger partial charge < -0.3 is 9.84 Å². The summed E-state index contributed by atoms with van der Waals surface area (Å²) in [5.41, 5.74) is 0.338. The molecule has 6 unspecified atom stereocenters. The van der Waals surface area contributed by atoms with Crippen molar-refractivity contribution >= 4 is 11.9 Å². The minimum absolute atomic E-state index is 0.0427. The summed E-state index contributed by atoms with van der Waals surface area (Å²) < 4.78 is 5.80. The van der Waals surface area contributed by atoms with Crippen molar-refractivity contribution in [2.75, 3.05) is 6.61 Å². The summed E-state index contributed by atoms with van der Waals surface area (Å²) in [6.07, 6.45) is 9.65. The molecule has 1 N–H and O–H groups in total. The van der Waals surface area contributed by atoms with E-state index in [2.05, 4.69) is 27.7 Å². The Balaban J connectivity index is 1.99. The zero-order chi connectivity index (χ0) is 20.9. The van der Waals surface area contributed by atoms with E-state index < -0.39 is 17.8 Å². The second-order valence-electron chi connectivity index (χ2n) is 10.2. The van der Waals surface area contributed by atoms with Crippen LogP contribution < -0.4 is 0 Å². The summed E-state index contributed by atoms with van der Waals surface area (Å²) in [4.78, 5) is 24.5. The van der Waals surface area contributed by atoms with Gasteiger partial charge in [0.15, 0.2) is 0 Å². The SMILES string of the molecule is CCCCCC1C(COC(=O)C2CCCC(C)C2C(=O)O)CCC(C)(C)C1C. The molecule has 0 saturated heterocycles. The van der Waals surface area contributed by atoms with Crippen LogP contribution in [-0.4, -0.2) is 23.7 Å². The average Bonchev–Trinajstić information content (AvgIpc) is 2.63. The quantitative estimate of drug-likeness (QED) is 0.409. The minimum Gasteiger partial charge on any atom is -0.481 e. The lowest BCUT2D eigenvalue weighted by Crippen LogP contribution is -2.42. The topological polar surface area (TPSA) is 63.6 Å². The monoisotopic (exact) mass is 394 g/mol. The first kappa shape index (κ1) is 23.2. The van der Waals surface area contributed by atoms with Gasteiger partial charge in [-0.3, -0.25) is 9.59 Å². The number of hydrogen-bond acceptors (Lipinski definition) is 3. The molecular weight excluding hydrogens is 352 g/mol. The Kier molecular flexibility index (Phi) is 8.39. The molecule has 4 nitrogen and oxygen atoms in total. The fourth-order valence-electron chi connectivity index (χ4n) is 5.70. The fraction of sp³-hybridized carbons (Fsp3) is 0.917. The predicted molar refractivity (Wildman–Crippen MR) is 112 cm³/mol. The Labute approximate surface area is 171 Å². The summed E-state index contributed by atoms with van der Waals surface area (Å²) >= 11 is 0. The van der Waals surface area contributed by atoms with Crippen LogP contribution in [0.4, 0.5) is 0 Å². The highest BCUT2D eigenvalue weighted by Gasteiger charge is 2.43. The van der Waals surface area contributed by atoms with Crippen molar-refractivity contribution in [1.82, 2.24) is 0 Å². The van der Waals surface area contributed by atoms with Gasteiger partial charge in [-0.25, -0.2) is 0 Å². The molecule has 0 heterocycles.